The van der Waals surface area contributed by atoms with Crippen molar-refractivity contribution in [3.05, 3.63) is 17.0 Å². The predicted octanol–water partition coefficient (Wildman–Crippen LogP) is 1.33. The lowest BCUT2D eigenvalue weighted by Crippen LogP contribution is -2.31. The minimum Gasteiger partial charge on any atom is -0.358 e. The number of likely N-dealkylation sites (N-methyl/N-ethyl adjacent to an activating group) is 1. The van der Waals surface area contributed by atoms with Gasteiger partial charge in [0.1, 0.15) is 22.8 Å². The van der Waals surface area contributed by atoms with Gasteiger partial charge in [0.05, 0.1) is 0 Å². The molecule has 1 fully saturated rings. The number of hydrogen-bond donors (Lipinski definition) is 1. The number of hydrogen-bond acceptors (Lipinski definition) is 4. The van der Waals surface area contributed by atoms with E-state index in [1.807, 2.05) is 6.92 Å². The fourth-order valence-corrected chi connectivity index (χ4v) is 2.03. The summed E-state index contributed by atoms with van der Waals surface area (Å²) in [5.41, 5.74) is 0. The van der Waals surface area contributed by atoms with E-state index in [0.29, 0.717) is 23.2 Å². The van der Waals surface area contributed by atoms with Crippen molar-refractivity contribution in [1.82, 2.24) is 14.9 Å². The number of anilines is 1. The Labute approximate surface area is 105 Å². The molecule has 17 heavy (non-hydrogen) atoms. The molecule has 0 bridgehead atoms. The molecule has 2 rings (SSSR count). The Morgan fingerprint density at radius 1 is 1.59 bits per heavy atom. The molecule has 0 radical (unpaired) electrons. The molecule has 1 N–H and O–H groups in total. The first kappa shape index (κ1) is 12.1. The van der Waals surface area contributed by atoms with E-state index in [-0.39, 0.29) is 11.9 Å². The van der Waals surface area contributed by atoms with Crippen LogP contribution < -0.4 is 5.32 Å². The lowest BCUT2D eigenvalue weighted by molar-refractivity contribution is -0.127. The van der Waals surface area contributed by atoms with E-state index in [0.717, 1.165) is 13.0 Å². The van der Waals surface area contributed by atoms with Crippen molar-refractivity contribution in [2.75, 3.05) is 18.9 Å². The van der Waals surface area contributed by atoms with Crippen LogP contribution in [0.1, 0.15) is 19.2 Å². The van der Waals surface area contributed by atoms with Gasteiger partial charge in [0, 0.05) is 26.1 Å². The van der Waals surface area contributed by atoms with Crippen LogP contribution >= 0.6 is 11.6 Å². The second kappa shape index (κ2) is 4.87. The van der Waals surface area contributed by atoms with Gasteiger partial charge in [0.25, 0.3) is 0 Å². The van der Waals surface area contributed by atoms with Gasteiger partial charge in [0.15, 0.2) is 0 Å². The maximum Gasteiger partial charge on any atom is 0.244 e. The van der Waals surface area contributed by atoms with Crippen LogP contribution in [0.2, 0.25) is 5.15 Å². The van der Waals surface area contributed by atoms with Gasteiger partial charge in [-0.15, -0.1) is 0 Å². The molecule has 0 spiro atoms. The molecule has 1 aliphatic rings. The van der Waals surface area contributed by atoms with Gasteiger partial charge in [-0.1, -0.05) is 18.5 Å². The molecule has 92 valence electrons. The highest BCUT2D eigenvalue weighted by Gasteiger charge is 2.29. The number of rotatable bonds is 3. The summed E-state index contributed by atoms with van der Waals surface area (Å²) in [5.74, 6) is 1.40. The molecule has 1 aromatic rings. The lowest BCUT2D eigenvalue weighted by atomic mass is 10.2. The Morgan fingerprint density at radius 2 is 2.35 bits per heavy atom. The Balaban J connectivity index is 2.13. The zero-order chi connectivity index (χ0) is 12.4. The van der Waals surface area contributed by atoms with Crippen LogP contribution in [0.25, 0.3) is 0 Å². The standard InChI is InChI=1S/C11H15ClN4O/c1-3-9-14-8(12)6-10(15-9)13-7-4-5-16(2)11(7)17/h6-7H,3-5H2,1-2H3,(H,13,14,15). The van der Waals surface area contributed by atoms with E-state index >= 15 is 0 Å². The number of likely N-dealkylation sites (tertiary alicyclic amines) is 1. The normalized spacial score (nSPS) is 19.8. The Kier molecular flexibility index (Phi) is 3.47. The van der Waals surface area contributed by atoms with Crippen molar-refractivity contribution < 1.29 is 4.79 Å². The molecule has 1 aromatic heterocycles. The Morgan fingerprint density at radius 3 is 2.94 bits per heavy atom. The van der Waals surface area contributed by atoms with Gasteiger partial charge in [0.2, 0.25) is 5.91 Å². The molecule has 1 atom stereocenters. The highest BCUT2D eigenvalue weighted by Crippen LogP contribution is 2.17. The molecular weight excluding hydrogens is 240 g/mol. The third-order valence-electron chi connectivity index (χ3n) is 2.81. The zero-order valence-electron chi connectivity index (χ0n) is 9.90. The zero-order valence-corrected chi connectivity index (χ0v) is 10.7. The number of amides is 1. The van der Waals surface area contributed by atoms with Gasteiger partial charge < -0.3 is 10.2 Å². The third kappa shape index (κ3) is 2.66. The van der Waals surface area contributed by atoms with Crippen LogP contribution in [0.4, 0.5) is 5.82 Å². The van der Waals surface area contributed by atoms with E-state index in [9.17, 15) is 4.79 Å². The molecule has 6 heteroatoms. The summed E-state index contributed by atoms with van der Waals surface area (Å²) >= 11 is 5.89. The van der Waals surface area contributed by atoms with E-state index < -0.39 is 0 Å². The number of aromatic nitrogens is 2. The van der Waals surface area contributed by atoms with E-state index in [1.165, 1.54) is 0 Å². The number of carbonyl (C=O) groups excluding carboxylic acids is 1. The van der Waals surface area contributed by atoms with Crippen molar-refractivity contribution >= 4 is 23.3 Å². The van der Waals surface area contributed by atoms with Crippen LogP contribution in [-0.4, -0.2) is 40.4 Å². The minimum absolute atomic E-state index is 0.0952. The van der Waals surface area contributed by atoms with E-state index in [2.05, 4.69) is 15.3 Å². The highest BCUT2D eigenvalue weighted by molar-refractivity contribution is 6.29. The molecule has 0 aromatic carbocycles. The smallest absolute Gasteiger partial charge is 0.244 e. The lowest BCUT2D eigenvalue weighted by Gasteiger charge is -2.13. The van der Waals surface area contributed by atoms with Gasteiger partial charge in [-0.05, 0) is 6.42 Å². The summed E-state index contributed by atoms with van der Waals surface area (Å²) in [7, 11) is 1.80. The number of nitrogens with zero attached hydrogens (tertiary/aromatic N) is 3. The SMILES string of the molecule is CCc1nc(Cl)cc(NC2CCN(C)C2=O)n1. The first-order valence-corrected chi connectivity index (χ1v) is 6.03. The number of aryl methyl sites for hydroxylation is 1. The first-order chi connectivity index (χ1) is 8.10. The second-order valence-corrected chi connectivity index (χ2v) is 4.48. The van der Waals surface area contributed by atoms with Crippen molar-refractivity contribution in [3.8, 4) is 0 Å². The van der Waals surface area contributed by atoms with Gasteiger partial charge in [-0.25, -0.2) is 9.97 Å². The van der Waals surface area contributed by atoms with Crippen LogP contribution in [0, 0.1) is 0 Å². The quantitative estimate of drug-likeness (QED) is 0.827. The molecular formula is C11H15ClN4O. The summed E-state index contributed by atoms with van der Waals surface area (Å²) < 4.78 is 0. The van der Waals surface area contributed by atoms with E-state index in [1.54, 1.807) is 18.0 Å². The number of halogens is 1. The van der Waals surface area contributed by atoms with Gasteiger partial charge in [-0.3, -0.25) is 4.79 Å². The maximum atomic E-state index is 11.7. The highest BCUT2D eigenvalue weighted by atomic mass is 35.5. The average Bonchev–Trinajstić information content (AvgIpc) is 2.60. The largest absolute Gasteiger partial charge is 0.358 e. The molecule has 2 heterocycles. The second-order valence-electron chi connectivity index (χ2n) is 4.09. The van der Waals surface area contributed by atoms with Crippen LogP contribution in [0.3, 0.4) is 0 Å². The molecule has 5 nitrogen and oxygen atoms in total. The van der Waals surface area contributed by atoms with Crippen LogP contribution in [0.5, 0.6) is 0 Å². The van der Waals surface area contributed by atoms with Crippen LogP contribution in [-0.2, 0) is 11.2 Å². The Hall–Kier alpha value is -1.36. The van der Waals surface area contributed by atoms with Crippen molar-refractivity contribution in [2.24, 2.45) is 0 Å². The third-order valence-corrected chi connectivity index (χ3v) is 3.00. The summed E-state index contributed by atoms with van der Waals surface area (Å²) in [6.07, 6.45) is 1.51. The first-order valence-electron chi connectivity index (χ1n) is 5.65. The number of carbonyl (C=O) groups is 1. The summed E-state index contributed by atoms with van der Waals surface area (Å²) in [4.78, 5) is 21.8. The fourth-order valence-electron chi connectivity index (χ4n) is 1.83. The topological polar surface area (TPSA) is 58.1 Å². The van der Waals surface area contributed by atoms with Crippen molar-refractivity contribution in [2.45, 2.75) is 25.8 Å². The minimum atomic E-state index is -0.198. The summed E-state index contributed by atoms with van der Waals surface area (Å²) in [5, 5.41) is 3.51. The molecule has 1 unspecified atom stereocenters. The molecule has 0 saturated carbocycles. The Bertz CT molecular complexity index is 437. The van der Waals surface area contributed by atoms with Crippen LogP contribution in [0.15, 0.2) is 6.07 Å². The summed E-state index contributed by atoms with van der Waals surface area (Å²) in [6, 6.07) is 1.45. The number of nitrogens with one attached hydrogen (secondary N) is 1. The molecule has 1 saturated heterocycles. The van der Waals surface area contributed by atoms with Crippen molar-refractivity contribution in [3.63, 3.8) is 0 Å². The molecule has 1 amide bonds. The van der Waals surface area contributed by atoms with Gasteiger partial charge >= 0.3 is 0 Å². The molecule has 1 aliphatic heterocycles. The fraction of sp³-hybridized carbons (Fsp3) is 0.545. The average molecular weight is 255 g/mol. The summed E-state index contributed by atoms with van der Waals surface area (Å²) in [6.45, 7) is 2.74. The van der Waals surface area contributed by atoms with Gasteiger partial charge in [-0.2, -0.15) is 0 Å². The predicted molar refractivity (Wildman–Crippen MR) is 66.1 cm³/mol. The molecule has 0 aliphatic carbocycles. The van der Waals surface area contributed by atoms with E-state index in [4.69, 9.17) is 11.6 Å². The maximum absolute atomic E-state index is 11.7. The van der Waals surface area contributed by atoms with Crippen molar-refractivity contribution in [1.29, 1.82) is 0 Å². The monoisotopic (exact) mass is 254 g/mol.